The molecular weight excluding hydrogens is 731 g/mol. The van der Waals surface area contributed by atoms with Crippen molar-refractivity contribution < 1.29 is 34.0 Å². The van der Waals surface area contributed by atoms with Crippen molar-refractivity contribution >= 4 is 29.1 Å². The monoisotopic (exact) mass is 796 g/mol. The van der Waals surface area contributed by atoms with Crippen molar-refractivity contribution in [2.45, 2.75) is 109 Å². The Hall–Kier alpha value is -2.51. The number of ether oxygens (including phenoxy) is 4. The molecule has 2 aromatic rings. The van der Waals surface area contributed by atoms with E-state index >= 15 is 0 Å². The van der Waals surface area contributed by atoms with Crippen molar-refractivity contribution in [3.63, 3.8) is 0 Å². The van der Waals surface area contributed by atoms with Gasteiger partial charge in [-0.2, -0.15) is 0 Å². The van der Waals surface area contributed by atoms with Crippen LogP contribution >= 0.6 is 23.2 Å². The highest BCUT2D eigenvalue weighted by Crippen LogP contribution is 2.35. The van der Waals surface area contributed by atoms with Gasteiger partial charge in [-0.3, -0.25) is 4.79 Å². The summed E-state index contributed by atoms with van der Waals surface area (Å²) in [4.78, 5) is 17.2. The Morgan fingerprint density at radius 1 is 0.722 bits per heavy atom. The first-order valence-electron chi connectivity index (χ1n) is 19.6. The Labute approximate surface area is 333 Å². The molecule has 4 atom stereocenters. The molecule has 2 fully saturated rings. The van der Waals surface area contributed by atoms with Crippen molar-refractivity contribution in [2.75, 3.05) is 71.0 Å². The van der Waals surface area contributed by atoms with Gasteiger partial charge in [0.25, 0.3) is 0 Å². The van der Waals surface area contributed by atoms with Gasteiger partial charge in [-0.25, -0.2) is 0 Å². The molecule has 2 aromatic carbocycles. The van der Waals surface area contributed by atoms with E-state index in [2.05, 4.69) is 22.0 Å². The molecule has 4 aliphatic heterocycles. The van der Waals surface area contributed by atoms with Crippen molar-refractivity contribution in [2.24, 2.45) is 5.73 Å². The van der Waals surface area contributed by atoms with Crippen molar-refractivity contribution in [1.29, 1.82) is 0 Å². The van der Waals surface area contributed by atoms with Crippen LogP contribution in [0.3, 0.4) is 0 Å². The van der Waals surface area contributed by atoms with Crippen LogP contribution in [0.4, 0.5) is 0 Å². The van der Waals surface area contributed by atoms with Crippen LogP contribution in [0.25, 0.3) is 0 Å². The van der Waals surface area contributed by atoms with E-state index in [0.29, 0.717) is 56.6 Å². The largest absolute Gasteiger partial charge is 0.486 e. The summed E-state index contributed by atoms with van der Waals surface area (Å²) < 4.78 is 22.3. The molecule has 6 rings (SSSR count). The van der Waals surface area contributed by atoms with Crippen LogP contribution in [0.1, 0.15) is 108 Å². The van der Waals surface area contributed by atoms with Crippen molar-refractivity contribution in [3.05, 3.63) is 47.5 Å². The van der Waals surface area contributed by atoms with Crippen molar-refractivity contribution in [1.82, 2.24) is 15.1 Å². The fraction of sp³-hybridized carbons (Fsp3) is 0.683. The highest BCUT2D eigenvalue weighted by Gasteiger charge is 2.28. The number of carbonyl (C=O) groups excluding carboxylic acids is 1. The van der Waals surface area contributed by atoms with Gasteiger partial charge in [-0.15, -0.1) is 23.2 Å². The minimum atomic E-state index is -0.782. The summed E-state index contributed by atoms with van der Waals surface area (Å²) in [5, 5.41) is 24.8. The number of aliphatic hydroxyl groups is 2. The average Bonchev–Trinajstić information content (AvgIpc) is 3.90. The molecule has 0 aliphatic carbocycles. The molecule has 13 heteroatoms. The quantitative estimate of drug-likeness (QED) is 0.106. The number of halogens is 2. The smallest absolute Gasteiger partial charge is 0.220 e. The first kappa shape index (κ1) is 45.9. The zero-order chi connectivity index (χ0) is 37.8. The molecule has 0 spiro atoms. The number of rotatable bonds is 16. The van der Waals surface area contributed by atoms with Crippen molar-refractivity contribution in [3.8, 4) is 23.0 Å². The Kier molecular flexibility index (Phi) is 21.8. The number of carbonyl (C=O) groups is 1. The average molecular weight is 798 g/mol. The van der Waals surface area contributed by atoms with Crippen LogP contribution in [-0.2, 0) is 4.79 Å². The van der Waals surface area contributed by atoms with E-state index in [9.17, 15) is 15.0 Å². The lowest BCUT2D eigenvalue weighted by atomic mass is 10.0. The maximum absolute atomic E-state index is 12.6. The van der Waals surface area contributed by atoms with Crippen LogP contribution in [0, 0.1) is 0 Å². The molecule has 5 N–H and O–H groups in total. The molecule has 0 radical (unpaired) electrons. The lowest BCUT2D eigenvalue weighted by Gasteiger charge is -2.29. The third-order valence-electron chi connectivity index (χ3n) is 10.0. The number of hydrogen-bond acceptors (Lipinski definition) is 10. The van der Waals surface area contributed by atoms with Gasteiger partial charge in [0.15, 0.2) is 23.0 Å². The lowest BCUT2D eigenvalue weighted by Crippen LogP contribution is -2.46. The van der Waals surface area contributed by atoms with E-state index in [-0.39, 0.29) is 30.8 Å². The summed E-state index contributed by atoms with van der Waals surface area (Å²) >= 11 is 9.53. The topological polar surface area (TPSA) is 139 Å². The third-order valence-corrected chi connectivity index (χ3v) is 10.0. The fourth-order valence-electron chi connectivity index (χ4n) is 7.14. The number of likely N-dealkylation sites (tertiary alicyclic amines) is 2. The summed E-state index contributed by atoms with van der Waals surface area (Å²) in [6.07, 6.45) is 10.8. The summed E-state index contributed by atoms with van der Waals surface area (Å²) in [6.45, 7) is 10.0. The van der Waals surface area contributed by atoms with Gasteiger partial charge in [0, 0.05) is 25.6 Å². The number of hydrogen-bond donors (Lipinski definition) is 4. The van der Waals surface area contributed by atoms with Gasteiger partial charge in [0.2, 0.25) is 5.91 Å². The number of nitrogens with one attached hydrogen (secondary N) is 1. The van der Waals surface area contributed by atoms with Gasteiger partial charge in [-0.05, 0) is 93.7 Å². The fourth-order valence-corrected chi connectivity index (χ4v) is 7.14. The predicted octanol–water partition coefficient (Wildman–Crippen LogP) is 6.79. The summed E-state index contributed by atoms with van der Waals surface area (Å²) in [5.74, 6) is 2.84. The van der Waals surface area contributed by atoms with Crippen LogP contribution in [0.2, 0.25) is 0 Å². The highest BCUT2D eigenvalue weighted by molar-refractivity contribution is 6.40. The number of amides is 1. The van der Waals surface area contributed by atoms with Crippen LogP contribution < -0.4 is 30.0 Å². The Balaban J connectivity index is 0.000000283. The number of benzene rings is 2. The summed E-state index contributed by atoms with van der Waals surface area (Å²) in [6, 6.07) is 10.5. The number of nitrogens with zero attached hydrogens (tertiary/aromatic N) is 2. The van der Waals surface area contributed by atoms with E-state index in [1.54, 1.807) is 0 Å². The number of alkyl halides is 2. The third kappa shape index (κ3) is 15.2. The molecule has 0 bridgehead atoms. The zero-order valence-corrected chi connectivity index (χ0v) is 33.0. The standard InChI is InChI=1S/C24H38N2O4.C15H22N2O3.CH2Cl2.CH4/c1-2-3-4-5-6-7-10-23(27)25-20(18-26-13-8-9-14-26)24(28)19-11-12-21-22(17-19)30-16-15-29-21;16-12(10-17-5-1-2-6-17)15(18)11-3-4-13-14(9-11)20-8-7-19-13;2-1-3;/h11-12,17,20,24,28H,2-10,13-16,18H2,1H3,(H,25,27);3-4,9,12,15,18H,1-2,5-8,10,16H2;1H2;1H4/t20-,24-;12-,15-;;/m11../s1. The Morgan fingerprint density at radius 2 is 1.17 bits per heavy atom. The van der Waals surface area contributed by atoms with E-state index < -0.39 is 12.2 Å². The maximum Gasteiger partial charge on any atom is 0.220 e. The zero-order valence-electron chi connectivity index (χ0n) is 31.5. The second kappa shape index (κ2) is 25.6. The van der Waals surface area contributed by atoms with Gasteiger partial charge in [0.1, 0.15) is 32.5 Å². The molecule has 11 nitrogen and oxygen atoms in total. The van der Waals surface area contributed by atoms with E-state index in [0.717, 1.165) is 62.4 Å². The Bertz CT molecular complexity index is 1350. The van der Waals surface area contributed by atoms with Gasteiger partial charge in [0.05, 0.1) is 17.5 Å². The normalized spacial score (nSPS) is 18.5. The molecule has 54 heavy (non-hydrogen) atoms. The van der Waals surface area contributed by atoms with E-state index in [4.69, 9.17) is 47.9 Å². The van der Waals surface area contributed by atoms with Gasteiger partial charge < -0.3 is 50.0 Å². The molecular formula is C41H66Cl2N4O7. The van der Waals surface area contributed by atoms with Gasteiger partial charge in [-0.1, -0.05) is 58.6 Å². The SMILES string of the molecule is C.CCCCCCCCC(=O)N[C@H](CN1CCCC1)[C@H](O)c1ccc2c(c1)OCCO2.ClCCl.N[C@H](CN1CCCC1)[C@H](O)c1ccc2c(c1)OCCO2. The molecule has 306 valence electrons. The Morgan fingerprint density at radius 3 is 1.69 bits per heavy atom. The second-order valence-electron chi connectivity index (χ2n) is 14.2. The second-order valence-corrected chi connectivity index (χ2v) is 15.0. The molecule has 1 amide bonds. The summed E-state index contributed by atoms with van der Waals surface area (Å²) in [5.41, 5.74) is 7.69. The molecule has 4 aliphatic rings. The number of nitrogens with two attached hydrogens (primary N) is 1. The van der Waals surface area contributed by atoms with Crippen LogP contribution in [0.5, 0.6) is 23.0 Å². The maximum atomic E-state index is 12.6. The molecule has 0 unspecified atom stereocenters. The minimum Gasteiger partial charge on any atom is -0.486 e. The number of aliphatic hydroxyl groups excluding tert-OH is 2. The highest BCUT2D eigenvalue weighted by atomic mass is 35.5. The van der Waals surface area contributed by atoms with Gasteiger partial charge >= 0.3 is 0 Å². The van der Waals surface area contributed by atoms with E-state index in [1.807, 2.05) is 36.4 Å². The van der Waals surface area contributed by atoms with E-state index in [1.165, 1.54) is 51.4 Å². The first-order chi connectivity index (χ1) is 25.8. The molecule has 0 aromatic heterocycles. The summed E-state index contributed by atoms with van der Waals surface area (Å²) in [7, 11) is 0. The first-order valence-corrected chi connectivity index (χ1v) is 20.7. The minimum absolute atomic E-state index is 0. The van der Waals surface area contributed by atoms with Crippen LogP contribution in [-0.4, -0.2) is 109 Å². The van der Waals surface area contributed by atoms with Crippen LogP contribution in [0.15, 0.2) is 36.4 Å². The molecule has 2 saturated heterocycles. The molecule has 0 saturated carbocycles. The predicted molar refractivity (Wildman–Crippen MR) is 217 cm³/mol. The number of fused-ring (bicyclic) bond motifs is 2. The lowest BCUT2D eigenvalue weighted by molar-refractivity contribution is -0.123. The molecule has 4 heterocycles. The number of unbranched alkanes of at least 4 members (excludes halogenated alkanes) is 5.